The molecule has 0 radical (unpaired) electrons. The second-order valence-electron chi connectivity index (χ2n) is 20.6. The number of aldehydes is 1. The first-order valence-electron chi connectivity index (χ1n) is 24.9. The number of likely N-dealkylation sites (tertiary alicyclic amines) is 1. The van der Waals surface area contributed by atoms with E-state index < -0.39 is 23.8 Å². The van der Waals surface area contributed by atoms with E-state index in [0.717, 1.165) is 84.7 Å². The number of carbonyl (C=O) groups is 4. The summed E-state index contributed by atoms with van der Waals surface area (Å²) in [6.45, 7) is 25.4. The Balaban J connectivity index is 0.000000564. The molecule has 2 aromatic heterocycles. The minimum Gasteiger partial charge on any atom is -0.444 e. The van der Waals surface area contributed by atoms with Gasteiger partial charge in [-0.15, -0.1) is 0 Å². The number of nitrogens with one attached hydrogen (secondary N) is 2. The molecule has 0 aliphatic carbocycles. The molecule has 1 aliphatic rings. The zero-order chi connectivity index (χ0) is 52.1. The predicted octanol–water partition coefficient (Wildman–Crippen LogP) is 11.1. The first-order valence-corrected chi connectivity index (χ1v) is 24.9. The Morgan fingerprint density at radius 1 is 0.783 bits per heavy atom. The van der Waals surface area contributed by atoms with Gasteiger partial charge in [0.2, 0.25) is 12.3 Å². The van der Waals surface area contributed by atoms with E-state index in [0.29, 0.717) is 37.3 Å². The van der Waals surface area contributed by atoms with Crippen molar-refractivity contribution in [3.63, 3.8) is 0 Å². The standard InChI is InChI=1S/C36H47N7O2.C12H23NO3.C5H12O.C2H6/c1-25(2)21-33(43(5)24-44)36(45)42(4)19-7-6-10-34-37-22-30(39-34)28-15-11-26(12-16-28)27-13-17-29(18-14-27)31-23-38-35(40-31)32-9-8-20-41(32)3;1-9(2)7-10(8-14)13(6)11(15)16-12(3,4)5;1-5(2,3)6-4;1-2/h11-18,22-25,32-33H,6-10,19-21H2,1-5H3,(H,37,39)(H,38,40);8-10H,7H2,1-6H3;1-4H3;1-2H3/t32-,33-;10-;;/m00../s1. The van der Waals surface area contributed by atoms with Crippen molar-refractivity contribution in [1.82, 2.24) is 39.5 Å². The molecule has 1 fully saturated rings. The van der Waals surface area contributed by atoms with Gasteiger partial charge in [0.25, 0.3) is 0 Å². The van der Waals surface area contributed by atoms with Crippen LogP contribution in [0, 0.1) is 11.8 Å². The Kier molecular flexibility index (Phi) is 25.1. The maximum Gasteiger partial charge on any atom is 0.410 e. The predicted molar refractivity (Wildman–Crippen MR) is 281 cm³/mol. The monoisotopic (exact) mass is 957 g/mol. The number of imidazole rings is 2. The lowest BCUT2D eigenvalue weighted by atomic mass is 10.0. The summed E-state index contributed by atoms with van der Waals surface area (Å²) in [6.07, 6.45) is 11.2. The third-order valence-electron chi connectivity index (χ3n) is 11.6. The van der Waals surface area contributed by atoms with E-state index in [-0.39, 0.29) is 11.5 Å². The quantitative estimate of drug-likeness (QED) is 0.0732. The molecule has 1 aliphatic heterocycles. The van der Waals surface area contributed by atoms with Crippen LogP contribution >= 0.6 is 0 Å². The van der Waals surface area contributed by atoms with Crippen LogP contribution < -0.4 is 0 Å². The minimum atomic E-state index is -0.531. The fourth-order valence-corrected chi connectivity index (χ4v) is 7.45. The molecule has 3 atom stereocenters. The minimum absolute atomic E-state index is 0.00265. The Hall–Kier alpha value is -5.34. The second kappa shape index (κ2) is 29.0. The number of likely N-dealkylation sites (N-methyl/N-ethyl adjacent to an activating group) is 3. The lowest BCUT2D eigenvalue weighted by Crippen LogP contribution is -2.46. The fraction of sp³-hybridized carbons (Fsp3) is 0.600. The molecule has 69 heavy (non-hydrogen) atoms. The Labute approximate surface area is 415 Å². The Morgan fingerprint density at radius 3 is 1.74 bits per heavy atom. The average Bonchev–Trinajstić information content (AvgIpc) is 4.10. The van der Waals surface area contributed by atoms with Crippen LogP contribution in [0.5, 0.6) is 0 Å². The number of carbonyl (C=O) groups excluding carboxylic acids is 4. The van der Waals surface area contributed by atoms with Crippen molar-refractivity contribution < 1.29 is 28.7 Å². The van der Waals surface area contributed by atoms with Crippen LogP contribution in [0.4, 0.5) is 4.79 Å². The van der Waals surface area contributed by atoms with Crippen LogP contribution in [0.25, 0.3) is 33.6 Å². The number of unbranched alkanes of at least 4 members (excludes halogenated alkanes) is 1. The summed E-state index contributed by atoms with van der Waals surface area (Å²) in [5.41, 5.74) is 6.13. The first-order chi connectivity index (χ1) is 32.5. The highest BCUT2D eigenvalue weighted by Gasteiger charge is 2.28. The molecule has 5 rings (SSSR count). The van der Waals surface area contributed by atoms with Crippen LogP contribution in [0.1, 0.15) is 139 Å². The van der Waals surface area contributed by atoms with Crippen molar-refractivity contribution in [2.24, 2.45) is 11.8 Å². The van der Waals surface area contributed by atoms with E-state index >= 15 is 0 Å². The second-order valence-corrected chi connectivity index (χ2v) is 20.6. The molecule has 0 bridgehead atoms. The number of methoxy groups -OCH3 is 1. The third kappa shape index (κ3) is 20.7. The van der Waals surface area contributed by atoms with E-state index in [1.807, 2.05) is 67.9 Å². The van der Waals surface area contributed by atoms with Crippen molar-refractivity contribution in [1.29, 1.82) is 0 Å². The van der Waals surface area contributed by atoms with E-state index in [9.17, 15) is 19.2 Å². The molecule has 0 unspecified atom stereocenters. The summed E-state index contributed by atoms with van der Waals surface area (Å²) in [4.78, 5) is 70.1. The summed E-state index contributed by atoms with van der Waals surface area (Å²) in [6, 6.07) is 16.8. The lowest BCUT2D eigenvalue weighted by molar-refractivity contribution is -0.139. The van der Waals surface area contributed by atoms with Gasteiger partial charge in [-0.2, -0.15) is 0 Å². The normalized spacial score (nSPS) is 14.6. The molecule has 3 heterocycles. The molecular weight excluding hydrogens is 869 g/mol. The third-order valence-corrected chi connectivity index (χ3v) is 11.6. The number of ether oxygens (including phenoxy) is 2. The maximum atomic E-state index is 12.9. The van der Waals surface area contributed by atoms with Crippen molar-refractivity contribution >= 4 is 24.7 Å². The highest BCUT2D eigenvalue weighted by atomic mass is 16.6. The molecule has 2 aromatic carbocycles. The molecule has 1 saturated heterocycles. The van der Waals surface area contributed by atoms with E-state index in [2.05, 4.69) is 94.3 Å². The number of nitrogens with zero attached hydrogens (tertiary/aromatic N) is 6. The molecule has 14 nitrogen and oxygen atoms in total. The van der Waals surface area contributed by atoms with Crippen molar-refractivity contribution in [2.45, 2.75) is 157 Å². The molecule has 4 aromatic rings. The van der Waals surface area contributed by atoms with Gasteiger partial charge < -0.3 is 38.9 Å². The van der Waals surface area contributed by atoms with Crippen LogP contribution in [0.3, 0.4) is 0 Å². The van der Waals surface area contributed by atoms with Gasteiger partial charge in [-0.05, 0) is 128 Å². The summed E-state index contributed by atoms with van der Waals surface area (Å²) < 4.78 is 10.1. The van der Waals surface area contributed by atoms with E-state index in [1.54, 1.807) is 46.9 Å². The summed E-state index contributed by atoms with van der Waals surface area (Å²) in [5, 5.41) is 0. The van der Waals surface area contributed by atoms with Crippen molar-refractivity contribution in [3.8, 4) is 33.6 Å². The van der Waals surface area contributed by atoms with Gasteiger partial charge in [-0.3, -0.25) is 14.5 Å². The highest BCUT2D eigenvalue weighted by molar-refractivity contribution is 5.83. The van der Waals surface area contributed by atoms with E-state index in [1.165, 1.54) is 21.8 Å². The zero-order valence-corrected chi connectivity index (χ0v) is 45.3. The van der Waals surface area contributed by atoms with Gasteiger partial charge >= 0.3 is 6.09 Å². The largest absolute Gasteiger partial charge is 0.444 e. The Bertz CT molecular complexity index is 2100. The number of amides is 3. The zero-order valence-electron chi connectivity index (χ0n) is 45.3. The topological polar surface area (TPSA) is 157 Å². The summed E-state index contributed by atoms with van der Waals surface area (Å²) in [7, 11) is 8.97. The van der Waals surface area contributed by atoms with Crippen molar-refractivity contribution in [2.75, 3.05) is 48.4 Å². The molecule has 0 spiro atoms. The van der Waals surface area contributed by atoms with Crippen LogP contribution in [0.15, 0.2) is 60.9 Å². The number of aromatic nitrogens is 4. The van der Waals surface area contributed by atoms with Crippen molar-refractivity contribution in [3.05, 3.63) is 72.6 Å². The van der Waals surface area contributed by atoms with Gasteiger partial charge in [0, 0.05) is 41.2 Å². The van der Waals surface area contributed by atoms with Gasteiger partial charge in [0.05, 0.1) is 41.5 Å². The van der Waals surface area contributed by atoms with Gasteiger partial charge in [0.1, 0.15) is 29.6 Å². The molecular formula is C55H88N8O6. The number of aryl methyl sites for hydroxylation is 1. The average molecular weight is 957 g/mol. The molecule has 0 saturated carbocycles. The Morgan fingerprint density at radius 2 is 1.29 bits per heavy atom. The van der Waals surface area contributed by atoms with Gasteiger partial charge in [0.15, 0.2) is 0 Å². The van der Waals surface area contributed by atoms with Gasteiger partial charge in [-0.25, -0.2) is 14.8 Å². The number of hydrogen-bond donors (Lipinski definition) is 2. The molecule has 14 heteroatoms. The number of H-pyrrole nitrogens is 2. The number of rotatable bonds is 18. The molecule has 3 amide bonds. The van der Waals surface area contributed by atoms with Crippen LogP contribution in [0.2, 0.25) is 0 Å². The molecule has 384 valence electrons. The summed E-state index contributed by atoms with van der Waals surface area (Å²) in [5.74, 6) is 2.69. The van der Waals surface area contributed by atoms with Crippen LogP contribution in [-0.2, 0) is 30.3 Å². The number of aromatic amines is 2. The van der Waals surface area contributed by atoms with E-state index in [4.69, 9.17) is 9.47 Å². The lowest BCUT2D eigenvalue weighted by Gasteiger charge is -2.29. The SMILES string of the molecule is CC.CC(C)C[C@@H](C(=O)N(C)CCCCc1ncc(-c2ccc(-c3ccc(-c4cnc([C@@H]5CCCN5C)[nH]4)cc3)cc2)[nH]1)N(C)C=O.CC(C)C[C@@H](C=O)N(C)C(=O)OC(C)(C)C.COC(C)(C)C. The van der Waals surface area contributed by atoms with Gasteiger partial charge in [-0.1, -0.05) is 90.1 Å². The molecule has 2 N–H and O–H groups in total. The summed E-state index contributed by atoms with van der Waals surface area (Å²) >= 11 is 0. The highest BCUT2D eigenvalue weighted by Crippen LogP contribution is 2.31. The maximum absolute atomic E-state index is 12.9. The smallest absolute Gasteiger partial charge is 0.410 e. The first kappa shape index (κ1) is 59.8. The van der Waals surface area contributed by atoms with Crippen LogP contribution in [-0.4, -0.2) is 136 Å². The number of benzene rings is 2. The number of hydrogen-bond acceptors (Lipinski definition) is 9. The fourth-order valence-electron chi connectivity index (χ4n) is 7.45.